The number of hydrogen-bond acceptors (Lipinski definition) is 2. The van der Waals surface area contributed by atoms with Crippen LogP contribution in [0.25, 0.3) is 33.4 Å². The Balaban J connectivity index is 2.02. The highest BCUT2D eigenvalue weighted by Crippen LogP contribution is 2.39. The van der Waals surface area contributed by atoms with E-state index in [-0.39, 0.29) is 5.82 Å². The van der Waals surface area contributed by atoms with Crippen LogP contribution in [0.5, 0.6) is 0 Å². The summed E-state index contributed by atoms with van der Waals surface area (Å²) in [6, 6.07) is 27.9. The van der Waals surface area contributed by atoms with Gasteiger partial charge in [-0.2, -0.15) is 10.5 Å². The van der Waals surface area contributed by atoms with E-state index in [1.54, 1.807) is 54.6 Å². The minimum Gasteiger partial charge on any atom is -0.207 e. The lowest BCUT2D eigenvalue weighted by Crippen LogP contribution is -1.95. The summed E-state index contributed by atoms with van der Waals surface area (Å²) in [5.41, 5.74) is 4.51. The molecule has 0 N–H and O–H groups in total. The van der Waals surface area contributed by atoms with Crippen LogP contribution < -0.4 is 0 Å². The molecule has 0 aromatic heterocycles. The average Bonchev–Trinajstić information content (AvgIpc) is 2.78. The van der Waals surface area contributed by atoms with Crippen molar-refractivity contribution in [3.05, 3.63) is 108 Å². The first-order valence-corrected chi connectivity index (χ1v) is 9.12. The zero-order valence-corrected chi connectivity index (χ0v) is 15.7. The van der Waals surface area contributed by atoms with Crippen molar-refractivity contribution in [3.63, 3.8) is 0 Å². The van der Waals surface area contributed by atoms with E-state index in [9.17, 15) is 14.0 Å². The molecule has 0 unspecified atom stereocenters. The largest absolute Gasteiger partial charge is 0.207 e. The second-order valence-corrected chi connectivity index (χ2v) is 6.65. The van der Waals surface area contributed by atoms with Gasteiger partial charge in [0.2, 0.25) is 0 Å². The first-order valence-electron chi connectivity index (χ1n) is 9.12. The van der Waals surface area contributed by atoms with E-state index >= 15 is 0 Å². The summed E-state index contributed by atoms with van der Waals surface area (Å²) in [6.07, 6.45) is 0. The second kappa shape index (κ2) is 7.99. The summed E-state index contributed by atoms with van der Waals surface area (Å²) < 4.78 is 27.5. The van der Waals surface area contributed by atoms with Crippen LogP contribution in [0, 0.1) is 40.4 Å². The fourth-order valence-electron chi connectivity index (χ4n) is 3.40. The highest BCUT2D eigenvalue weighted by atomic mass is 19.1. The third-order valence-corrected chi connectivity index (χ3v) is 4.81. The van der Waals surface area contributed by atoms with Crippen LogP contribution in [0.4, 0.5) is 8.78 Å². The first-order chi connectivity index (χ1) is 14.6. The predicted molar refractivity (Wildman–Crippen MR) is 111 cm³/mol. The monoisotopic (exact) mass is 391 g/mol. The maximum Gasteiger partial charge on any atom is 0.123 e. The quantitative estimate of drug-likeness (QED) is 0.400. The van der Waals surface area contributed by atoms with Crippen molar-refractivity contribution in [1.82, 2.24) is 0 Å². The highest BCUT2D eigenvalue weighted by Gasteiger charge is 2.18. The number of benzene rings is 4. The van der Waals surface area contributed by atoms with Gasteiger partial charge in [-0.1, -0.05) is 36.4 Å². The summed E-state index contributed by atoms with van der Waals surface area (Å²) in [7, 11) is 0. The molecular formula is C26H13F2N2. The summed E-state index contributed by atoms with van der Waals surface area (Å²) in [6.45, 7) is 0. The van der Waals surface area contributed by atoms with Gasteiger partial charge in [-0.05, 0) is 70.8 Å². The fraction of sp³-hybridized carbons (Fsp3) is 0. The third kappa shape index (κ3) is 3.55. The van der Waals surface area contributed by atoms with E-state index in [1.165, 1.54) is 24.3 Å². The molecule has 0 aliphatic carbocycles. The number of nitriles is 2. The Labute approximate surface area is 172 Å². The molecule has 0 spiro atoms. The summed E-state index contributed by atoms with van der Waals surface area (Å²) in [4.78, 5) is 0. The summed E-state index contributed by atoms with van der Waals surface area (Å²) >= 11 is 0. The highest BCUT2D eigenvalue weighted by molar-refractivity contribution is 5.92. The van der Waals surface area contributed by atoms with Crippen molar-refractivity contribution in [2.75, 3.05) is 0 Å². The van der Waals surface area contributed by atoms with Gasteiger partial charge in [0.1, 0.15) is 17.7 Å². The normalized spacial score (nSPS) is 10.3. The molecular weight excluding hydrogens is 378 g/mol. The Kier molecular flexibility index (Phi) is 5.08. The summed E-state index contributed by atoms with van der Waals surface area (Å²) in [5, 5.41) is 19.1. The number of halogens is 2. The van der Waals surface area contributed by atoms with Crippen LogP contribution in [0.2, 0.25) is 0 Å². The van der Waals surface area contributed by atoms with Crippen LogP contribution in [0.15, 0.2) is 78.9 Å². The second-order valence-electron chi connectivity index (χ2n) is 6.65. The van der Waals surface area contributed by atoms with Gasteiger partial charge in [0.25, 0.3) is 0 Å². The van der Waals surface area contributed by atoms with Gasteiger partial charge in [0.15, 0.2) is 0 Å². The van der Waals surface area contributed by atoms with E-state index in [0.717, 1.165) is 0 Å². The predicted octanol–water partition coefficient (Wildman–Crippen LogP) is 6.51. The van der Waals surface area contributed by atoms with Gasteiger partial charge in [-0.25, -0.2) is 8.78 Å². The number of nitrogens with zero attached hydrogens (tertiary/aromatic N) is 2. The Bertz CT molecular complexity index is 1310. The van der Waals surface area contributed by atoms with E-state index in [2.05, 4.69) is 18.2 Å². The third-order valence-electron chi connectivity index (χ3n) is 4.81. The fourth-order valence-corrected chi connectivity index (χ4v) is 3.40. The van der Waals surface area contributed by atoms with E-state index < -0.39 is 5.82 Å². The van der Waals surface area contributed by atoms with Gasteiger partial charge in [0.05, 0.1) is 17.2 Å². The van der Waals surface area contributed by atoms with E-state index in [4.69, 9.17) is 5.26 Å². The molecule has 0 saturated heterocycles. The smallest absolute Gasteiger partial charge is 0.123 e. The van der Waals surface area contributed by atoms with Crippen molar-refractivity contribution >= 4 is 0 Å². The van der Waals surface area contributed by atoms with Crippen LogP contribution in [0.3, 0.4) is 0 Å². The molecule has 4 heteroatoms. The van der Waals surface area contributed by atoms with Gasteiger partial charge >= 0.3 is 0 Å². The molecule has 1 radical (unpaired) electrons. The number of hydrogen-bond donors (Lipinski definition) is 0. The number of rotatable bonds is 3. The lowest BCUT2D eigenvalue weighted by atomic mass is 9.86. The molecule has 0 heterocycles. The molecule has 4 aromatic carbocycles. The maximum absolute atomic E-state index is 14.0. The van der Waals surface area contributed by atoms with Gasteiger partial charge in [-0.15, -0.1) is 0 Å². The minimum atomic E-state index is -0.422. The van der Waals surface area contributed by atoms with Crippen LogP contribution in [-0.4, -0.2) is 0 Å². The lowest BCUT2D eigenvalue weighted by molar-refractivity contribution is 0.628. The Morgan fingerprint density at radius 1 is 0.700 bits per heavy atom. The molecule has 141 valence electrons. The first kappa shape index (κ1) is 19.1. The Morgan fingerprint density at radius 3 is 2.03 bits per heavy atom. The molecule has 0 amide bonds. The molecule has 0 saturated carbocycles. The zero-order valence-electron chi connectivity index (χ0n) is 15.7. The SMILES string of the molecule is N#Cc1ccc(-c2[c]cc(-c3ccc(F)cc3)c(-c3cccc(F)c3)c2C#N)cc1. The molecule has 0 aliphatic rings. The molecule has 0 fully saturated rings. The molecule has 2 nitrogen and oxygen atoms in total. The van der Waals surface area contributed by atoms with Crippen molar-refractivity contribution in [2.45, 2.75) is 0 Å². The van der Waals surface area contributed by atoms with Gasteiger partial charge in [0, 0.05) is 11.1 Å². The topological polar surface area (TPSA) is 47.6 Å². The van der Waals surface area contributed by atoms with Crippen LogP contribution >= 0.6 is 0 Å². The Hall–Kier alpha value is -4.28. The summed E-state index contributed by atoms with van der Waals surface area (Å²) in [5.74, 6) is -0.793. The lowest BCUT2D eigenvalue weighted by Gasteiger charge is -2.16. The molecule has 0 aliphatic heterocycles. The minimum absolute atomic E-state index is 0.326. The molecule has 0 atom stereocenters. The van der Waals surface area contributed by atoms with Crippen molar-refractivity contribution < 1.29 is 8.78 Å². The maximum atomic E-state index is 14.0. The molecule has 4 aromatic rings. The molecule has 0 bridgehead atoms. The molecule has 4 rings (SSSR count). The van der Waals surface area contributed by atoms with Gasteiger partial charge in [-0.3, -0.25) is 0 Å². The van der Waals surface area contributed by atoms with Crippen LogP contribution in [0.1, 0.15) is 11.1 Å². The average molecular weight is 391 g/mol. The van der Waals surface area contributed by atoms with Crippen molar-refractivity contribution in [3.8, 4) is 45.5 Å². The van der Waals surface area contributed by atoms with Crippen molar-refractivity contribution in [1.29, 1.82) is 10.5 Å². The zero-order chi connectivity index (χ0) is 21.1. The standard InChI is InChI=1S/C26H13F2N2/c27-21-10-8-19(9-11-21)24-13-12-23(18-6-4-17(15-29)5-7-18)25(16-30)26(24)20-2-1-3-22(28)14-20/h1-11,13-14H. The molecule has 30 heavy (non-hydrogen) atoms. The van der Waals surface area contributed by atoms with E-state index in [1.807, 2.05) is 0 Å². The Morgan fingerprint density at radius 2 is 1.40 bits per heavy atom. The van der Waals surface area contributed by atoms with Crippen LogP contribution in [-0.2, 0) is 0 Å². The van der Waals surface area contributed by atoms with E-state index in [0.29, 0.717) is 44.5 Å². The van der Waals surface area contributed by atoms with Gasteiger partial charge < -0.3 is 0 Å². The van der Waals surface area contributed by atoms with Crippen molar-refractivity contribution in [2.24, 2.45) is 0 Å².